The van der Waals surface area contributed by atoms with Crippen LogP contribution >= 0.6 is 0 Å². The average molecular weight is 474 g/mol. The van der Waals surface area contributed by atoms with Gasteiger partial charge < -0.3 is 24.1 Å². The SMILES string of the molecule is COc1ccc(C(=O)NCCCc2nc3ccccc3n2CCOc2cccc(C)c2)cc1OC. The zero-order valence-electron chi connectivity index (χ0n) is 20.4. The number of hydrogen-bond acceptors (Lipinski definition) is 5. The van der Waals surface area contributed by atoms with Crippen LogP contribution in [0.25, 0.3) is 11.0 Å². The van der Waals surface area contributed by atoms with Gasteiger partial charge in [0.15, 0.2) is 11.5 Å². The van der Waals surface area contributed by atoms with Crippen molar-refractivity contribution >= 4 is 16.9 Å². The van der Waals surface area contributed by atoms with E-state index in [1.165, 1.54) is 5.56 Å². The van der Waals surface area contributed by atoms with Crippen molar-refractivity contribution in [2.24, 2.45) is 0 Å². The number of ether oxygens (including phenoxy) is 3. The summed E-state index contributed by atoms with van der Waals surface area (Å²) >= 11 is 0. The van der Waals surface area contributed by atoms with Gasteiger partial charge in [-0.15, -0.1) is 0 Å². The van der Waals surface area contributed by atoms with Gasteiger partial charge in [0, 0.05) is 18.5 Å². The van der Waals surface area contributed by atoms with Crippen molar-refractivity contribution in [1.29, 1.82) is 0 Å². The molecule has 0 saturated carbocycles. The second-order valence-corrected chi connectivity index (χ2v) is 8.26. The van der Waals surface area contributed by atoms with Crippen molar-refractivity contribution in [3.05, 3.63) is 83.7 Å². The van der Waals surface area contributed by atoms with Crippen molar-refractivity contribution in [3.63, 3.8) is 0 Å². The molecule has 0 spiro atoms. The molecular weight excluding hydrogens is 442 g/mol. The Bertz CT molecular complexity index is 1300. The molecule has 4 aromatic rings. The van der Waals surface area contributed by atoms with E-state index in [1.54, 1.807) is 32.4 Å². The summed E-state index contributed by atoms with van der Waals surface area (Å²) in [7, 11) is 3.12. The third-order valence-corrected chi connectivity index (χ3v) is 5.82. The standard InChI is InChI=1S/C28H31N3O4/c1-20-8-6-9-22(18-20)35-17-16-31-24-11-5-4-10-23(24)30-27(31)12-7-15-29-28(32)21-13-14-25(33-2)26(19-21)34-3/h4-6,8-11,13-14,18-19H,7,12,15-17H2,1-3H3,(H,29,32). The Balaban J connectivity index is 1.36. The van der Waals surface area contributed by atoms with Crippen LogP contribution < -0.4 is 19.5 Å². The summed E-state index contributed by atoms with van der Waals surface area (Å²) in [4.78, 5) is 17.4. The molecule has 35 heavy (non-hydrogen) atoms. The number of nitrogens with one attached hydrogen (secondary N) is 1. The Kier molecular flexibility index (Phi) is 7.88. The molecule has 0 aliphatic heterocycles. The minimum absolute atomic E-state index is 0.147. The number of amides is 1. The van der Waals surface area contributed by atoms with Gasteiger partial charge >= 0.3 is 0 Å². The summed E-state index contributed by atoms with van der Waals surface area (Å²) in [6, 6.07) is 21.3. The zero-order valence-corrected chi connectivity index (χ0v) is 20.4. The van der Waals surface area contributed by atoms with Crippen LogP contribution in [0.1, 0.15) is 28.2 Å². The van der Waals surface area contributed by atoms with E-state index in [1.807, 2.05) is 36.4 Å². The number of hydrogen-bond donors (Lipinski definition) is 1. The third kappa shape index (κ3) is 5.93. The van der Waals surface area contributed by atoms with Crippen LogP contribution in [0, 0.1) is 6.92 Å². The first-order chi connectivity index (χ1) is 17.1. The topological polar surface area (TPSA) is 74.6 Å². The summed E-state index contributed by atoms with van der Waals surface area (Å²) in [6.45, 7) is 3.84. The first-order valence-corrected chi connectivity index (χ1v) is 11.7. The first kappa shape index (κ1) is 24.1. The molecular formula is C28H31N3O4. The fourth-order valence-corrected chi connectivity index (χ4v) is 4.05. The number of para-hydroxylation sites is 2. The van der Waals surface area contributed by atoms with Crippen LogP contribution in [0.5, 0.6) is 17.2 Å². The van der Waals surface area contributed by atoms with E-state index < -0.39 is 0 Å². The number of imidazole rings is 1. The van der Waals surface area contributed by atoms with E-state index in [9.17, 15) is 4.79 Å². The van der Waals surface area contributed by atoms with E-state index in [4.69, 9.17) is 19.2 Å². The van der Waals surface area contributed by atoms with Gasteiger partial charge in [-0.05, 0) is 61.4 Å². The zero-order chi connectivity index (χ0) is 24.6. The van der Waals surface area contributed by atoms with Crippen molar-refractivity contribution < 1.29 is 19.0 Å². The molecule has 1 aromatic heterocycles. The molecule has 1 amide bonds. The number of nitrogens with zero attached hydrogens (tertiary/aromatic N) is 2. The quantitative estimate of drug-likeness (QED) is 0.317. The normalized spacial score (nSPS) is 10.8. The highest BCUT2D eigenvalue weighted by molar-refractivity contribution is 5.94. The number of fused-ring (bicyclic) bond motifs is 1. The van der Waals surface area contributed by atoms with E-state index in [0.29, 0.717) is 36.8 Å². The molecule has 0 unspecified atom stereocenters. The van der Waals surface area contributed by atoms with Crippen LogP contribution in [-0.4, -0.2) is 42.8 Å². The van der Waals surface area contributed by atoms with Gasteiger partial charge in [-0.1, -0.05) is 24.3 Å². The molecule has 0 aliphatic rings. The molecule has 0 radical (unpaired) electrons. The summed E-state index contributed by atoms with van der Waals surface area (Å²) in [5.74, 6) is 2.83. The lowest BCUT2D eigenvalue weighted by Gasteiger charge is -2.12. The Hall–Kier alpha value is -4.00. The predicted molar refractivity (Wildman–Crippen MR) is 137 cm³/mol. The van der Waals surface area contributed by atoms with Gasteiger partial charge in [-0.3, -0.25) is 4.79 Å². The van der Waals surface area contributed by atoms with E-state index in [2.05, 4.69) is 28.9 Å². The molecule has 4 rings (SSSR count). The number of benzene rings is 3. The van der Waals surface area contributed by atoms with Crippen LogP contribution in [0.2, 0.25) is 0 Å². The van der Waals surface area contributed by atoms with Gasteiger partial charge in [-0.25, -0.2) is 4.98 Å². The van der Waals surface area contributed by atoms with E-state index in [0.717, 1.165) is 35.4 Å². The lowest BCUT2D eigenvalue weighted by molar-refractivity contribution is 0.0952. The molecule has 1 heterocycles. The minimum atomic E-state index is -0.147. The maximum absolute atomic E-state index is 12.6. The maximum atomic E-state index is 12.6. The van der Waals surface area contributed by atoms with E-state index >= 15 is 0 Å². The molecule has 0 aliphatic carbocycles. The fourth-order valence-electron chi connectivity index (χ4n) is 4.05. The lowest BCUT2D eigenvalue weighted by atomic mass is 10.2. The first-order valence-electron chi connectivity index (χ1n) is 11.7. The number of methoxy groups -OCH3 is 2. The second-order valence-electron chi connectivity index (χ2n) is 8.26. The molecule has 0 fully saturated rings. The molecule has 7 heteroatoms. The third-order valence-electron chi connectivity index (χ3n) is 5.82. The highest BCUT2D eigenvalue weighted by Gasteiger charge is 2.13. The van der Waals surface area contributed by atoms with Crippen molar-refractivity contribution in [1.82, 2.24) is 14.9 Å². The fraction of sp³-hybridized carbons (Fsp3) is 0.286. The van der Waals surface area contributed by atoms with Gasteiger partial charge in [0.2, 0.25) is 0 Å². The Morgan fingerprint density at radius 3 is 2.60 bits per heavy atom. The summed E-state index contributed by atoms with van der Waals surface area (Å²) < 4.78 is 18.7. The number of carbonyl (C=O) groups excluding carboxylic acids is 1. The Labute approximate surface area is 205 Å². The average Bonchev–Trinajstić information content (AvgIpc) is 3.23. The van der Waals surface area contributed by atoms with Gasteiger partial charge in [0.05, 0.1) is 31.8 Å². The summed E-state index contributed by atoms with van der Waals surface area (Å²) in [6.07, 6.45) is 1.51. The highest BCUT2D eigenvalue weighted by atomic mass is 16.5. The largest absolute Gasteiger partial charge is 0.493 e. The van der Waals surface area contributed by atoms with Crippen LogP contribution in [-0.2, 0) is 13.0 Å². The number of aryl methyl sites for hydroxylation is 2. The molecule has 1 N–H and O–H groups in total. The van der Waals surface area contributed by atoms with Crippen LogP contribution in [0.3, 0.4) is 0 Å². The lowest BCUT2D eigenvalue weighted by Crippen LogP contribution is -2.25. The van der Waals surface area contributed by atoms with Crippen molar-refractivity contribution in [3.8, 4) is 17.2 Å². The minimum Gasteiger partial charge on any atom is -0.493 e. The Morgan fingerprint density at radius 1 is 0.971 bits per heavy atom. The number of aromatic nitrogens is 2. The monoisotopic (exact) mass is 473 g/mol. The Morgan fingerprint density at radius 2 is 1.80 bits per heavy atom. The highest BCUT2D eigenvalue weighted by Crippen LogP contribution is 2.27. The molecule has 0 bridgehead atoms. The molecule has 0 saturated heterocycles. The number of rotatable bonds is 11. The molecule has 3 aromatic carbocycles. The van der Waals surface area contributed by atoms with Gasteiger partial charge in [-0.2, -0.15) is 0 Å². The smallest absolute Gasteiger partial charge is 0.251 e. The second kappa shape index (κ2) is 11.4. The maximum Gasteiger partial charge on any atom is 0.251 e. The summed E-state index contributed by atoms with van der Waals surface area (Å²) in [5, 5.41) is 2.98. The van der Waals surface area contributed by atoms with Gasteiger partial charge in [0.1, 0.15) is 18.2 Å². The molecule has 7 nitrogen and oxygen atoms in total. The summed E-state index contributed by atoms with van der Waals surface area (Å²) in [5.41, 5.74) is 3.76. The number of carbonyl (C=O) groups is 1. The molecule has 182 valence electrons. The van der Waals surface area contributed by atoms with E-state index in [-0.39, 0.29) is 5.91 Å². The van der Waals surface area contributed by atoms with Crippen LogP contribution in [0.4, 0.5) is 0 Å². The molecule has 0 atom stereocenters. The van der Waals surface area contributed by atoms with Gasteiger partial charge in [0.25, 0.3) is 5.91 Å². The van der Waals surface area contributed by atoms with Crippen LogP contribution in [0.15, 0.2) is 66.7 Å². The predicted octanol–water partition coefficient (Wildman–Crippen LogP) is 4.80. The van der Waals surface area contributed by atoms with Crippen molar-refractivity contribution in [2.75, 3.05) is 27.4 Å². The van der Waals surface area contributed by atoms with Crippen molar-refractivity contribution in [2.45, 2.75) is 26.3 Å².